The molecule has 0 aliphatic carbocycles. The van der Waals surface area contributed by atoms with Gasteiger partial charge in [0, 0.05) is 18.8 Å². The predicted molar refractivity (Wildman–Crippen MR) is 76.4 cm³/mol. The molecule has 4 nitrogen and oxygen atoms in total. The second-order valence-corrected chi connectivity index (χ2v) is 4.36. The van der Waals surface area contributed by atoms with Crippen LogP contribution in [0.15, 0.2) is 24.4 Å². The highest BCUT2D eigenvalue weighted by Crippen LogP contribution is 2.23. The van der Waals surface area contributed by atoms with Crippen molar-refractivity contribution in [1.82, 2.24) is 9.88 Å². The quantitative estimate of drug-likeness (QED) is 0.903. The zero-order valence-corrected chi connectivity index (χ0v) is 11.9. The molecule has 1 aliphatic heterocycles. The van der Waals surface area contributed by atoms with Crippen molar-refractivity contribution in [3.63, 3.8) is 0 Å². The van der Waals surface area contributed by atoms with E-state index in [9.17, 15) is 4.79 Å². The Morgan fingerprint density at radius 3 is 2.72 bits per heavy atom. The Labute approximate surface area is 120 Å². The Morgan fingerprint density at radius 1 is 1.50 bits per heavy atom. The summed E-state index contributed by atoms with van der Waals surface area (Å²) < 4.78 is 0. The first-order valence-electron chi connectivity index (χ1n) is 5.64. The topological polar surface area (TPSA) is 59.2 Å². The van der Waals surface area contributed by atoms with Crippen LogP contribution in [-0.4, -0.2) is 34.9 Å². The van der Waals surface area contributed by atoms with E-state index in [0.717, 1.165) is 13.0 Å². The predicted octanol–water partition coefficient (Wildman–Crippen LogP) is 1.73. The normalized spacial score (nSPS) is 22.0. The number of nitrogens with two attached hydrogens (primary N) is 1. The highest BCUT2D eigenvalue weighted by atomic mass is 35.5. The van der Waals surface area contributed by atoms with E-state index in [1.54, 1.807) is 12.3 Å². The smallest absolute Gasteiger partial charge is 0.272 e. The van der Waals surface area contributed by atoms with Crippen LogP contribution in [0.3, 0.4) is 0 Å². The van der Waals surface area contributed by atoms with Gasteiger partial charge in [0.25, 0.3) is 5.91 Å². The van der Waals surface area contributed by atoms with Crippen LogP contribution >= 0.6 is 24.8 Å². The summed E-state index contributed by atoms with van der Waals surface area (Å²) in [6.45, 7) is 3.47. The molecule has 2 unspecified atom stereocenters. The first kappa shape index (κ1) is 17.2. The van der Waals surface area contributed by atoms with Gasteiger partial charge in [-0.1, -0.05) is 6.07 Å². The largest absolute Gasteiger partial charge is 0.334 e. The summed E-state index contributed by atoms with van der Waals surface area (Å²) in [7, 11) is 0. The van der Waals surface area contributed by atoms with Crippen molar-refractivity contribution >= 4 is 30.7 Å². The summed E-state index contributed by atoms with van der Waals surface area (Å²) in [6, 6.07) is 5.67. The van der Waals surface area contributed by atoms with E-state index < -0.39 is 0 Å². The summed E-state index contributed by atoms with van der Waals surface area (Å²) in [4.78, 5) is 18.1. The fourth-order valence-corrected chi connectivity index (χ4v) is 2.23. The Hall–Kier alpha value is -0.840. The third-order valence-corrected chi connectivity index (χ3v) is 3.14. The van der Waals surface area contributed by atoms with Crippen molar-refractivity contribution in [2.45, 2.75) is 19.4 Å². The monoisotopic (exact) mass is 291 g/mol. The van der Waals surface area contributed by atoms with E-state index in [2.05, 4.69) is 11.9 Å². The average Bonchev–Trinajstić information content (AvgIpc) is 2.71. The van der Waals surface area contributed by atoms with Crippen molar-refractivity contribution in [1.29, 1.82) is 0 Å². The molecule has 1 amide bonds. The molecule has 6 heteroatoms. The zero-order valence-electron chi connectivity index (χ0n) is 10.3. The number of carbonyl (C=O) groups is 1. The molecule has 1 aliphatic rings. The van der Waals surface area contributed by atoms with Gasteiger partial charge in [-0.2, -0.15) is 0 Å². The van der Waals surface area contributed by atoms with Crippen LogP contribution in [-0.2, 0) is 0 Å². The minimum absolute atomic E-state index is 0. The van der Waals surface area contributed by atoms with Crippen molar-refractivity contribution < 1.29 is 4.79 Å². The fraction of sp³-hybridized carbons (Fsp3) is 0.500. The van der Waals surface area contributed by atoms with Gasteiger partial charge in [-0.25, -0.2) is 0 Å². The van der Waals surface area contributed by atoms with Gasteiger partial charge >= 0.3 is 0 Å². The van der Waals surface area contributed by atoms with E-state index >= 15 is 0 Å². The highest BCUT2D eigenvalue weighted by Gasteiger charge is 2.32. The number of pyridine rings is 1. The van der Waals surface area contributed by atoms with Gasteiger partial charge in [0.15, 0.2) is 0 Å². The van der Waals surface area contributed by atoms with E-state index in [4.69, 9.17) is 5.73 Å². The summed E-state index contributed by atoms with van der Waals surface area (Å²) in [5.74, 6) is 0.451. The Balaban J connectivity index is 0.00000144. The van der Waals surface area contributed by atoms with Crippen molar-refractivity contribution in [3.8, 4) is 0 Å². The van der Waals surface area contributed by atoms with Gasteiger partial charge in [-0.3, -0.25) is 9.78 Å². The van der Waals surface area contributed by atoms with Gasteiger partial charge in [0.1, 0.15) is 5.69 Å². The zero-order chi connectivity index (χ0) is 11.5. The van der Waals surface area contributed by atoms with Crippen LogP contribution in [0.4, 0.5) is 0 Å². The van der Waals surface area contributed by atoms with Crippen LogP contribution in [0.25, 0.3) is 0 Å². The number of amides is 1. The van der Waals surface area contributed by atoms with Crippen LogP contribution < -0.4 is 5.73 Å². The lowest BCUT2D eigenvalue weighted by atomic mass is 10.1. The summed E-state index contributed by atoms with van der Waals surface area (Å²) in [6.07, 6.45) is 2.64. The maximum atomic E-state index is 12.1. The first-order valence-corrected chi connectivity index (χ1v) is 5.64. The minimum atomic E-state index is 0. The average molecular weight is 292 g/mol. The molecular weight excluding hydrogens is 273 g/mol. The molecule has 18 heavy (non-hydrogen) atoms. The number of carbonyl (C=O) groups excluding carboxylic acids is 1. The molecule has 1 fully saturated rings. The Bertz CT molecular complexity index is 375. The van der Waals surface area contributed by atoms with Crippen molar-refractivity contribution in [2.75, 3.05) is 13.1 Å². The van der Waals surface area contributed by atoms with Crippen LogP contribution in [0.2, 0.25) is 0 Å². The molecule has 0 saturated carbocycles. The molecule has 2 atom stereocenters. The molecule has 2 rings (SSSR count). The molecule has 2 heterocycles. The van der Waals surface area contributed by atoms with Gasteiger partial charge in [-0.05, 0) is 37.9 Å². The molecule has 2 N–H and O–H groups in total. The van der Waals surface area contributed by atoms with Gasteiger partial charge in [0.2, 0.25) is 0 Å². The molecule has 1 aromatic heterocycles. The lowest BCUT2D eigenvalue weighted by Crippen LogP contribution is -2.34. The van der Waals surface area contributed by atoms with Crippen molar-refractivity contribution in [2.24, 2.45) is 11.7 Å². The highest BCUT2D eigenvalue weighted by molar-refractivity contribution is 5.92. The molecule has 1 aromatic rings. The molecule has 102 valence electrons. The van der Waals surface area contributed by atoms with Crippen LogP contribution in [0.1, 0.15) is 23.8 Å². The maximum absolute atomic E-state index is 12.1. The van der Waals surface area contributed by atoms with Gasteiger partial charge in [-0.15, -0.1) is 24.8 Å². The summed E-state index contributed by atoms with van der Waals surface area (Å²) >= 11 is 0. The first-order chi connectivity index (χ1) is 7.72. The van der Waals surface area contributed by atoms with Gasteiger partial charge < -0.3 is 10.6 Å². The third kappa shape index (κ3) is 3.57. The summed E-state index contributed by atoms with van der Waals surface area (Å²) in [5, 5.41) is 0. The minimum Gasteiger partial charge on any atom is -0.334 e. The molecule has 0 aromatic carbocycles. The number of hydrogen-bond donors (Lipinski definition) is 1. The second-order valence-electron chi connectivity index (χ2n) is 4.36. The van der Waals surface area contributed by atoms with E-state index in [-0.39, 0.29) is 36.8 Å². The number of hydrogen-bond acceptors (Lipinski definition) is 3. The standard InChI is InChI=1S/C12H17N3O.2ClH/c1-9-6-10(7-13)8-15(9)12(16)11-4-2-3-5-14-11;;/h2-5,9-10H,6-8,13H2,1H3;2*1H. The number of likely N-dealkylation sites (tertiary alicyclic amines) is 1. The molecular formula is C12H19Cl2N3O. The second kappa shape index (κ2) is 7.56. The number of aromatic nitrogens is 1. The summed E-state index contributed by atoms with van der Waals surface area (Å²) in [5.41, 5.74) is 6.16. The number of halogens is 2. The van der Waals surface area contributed by atoms with Crippen LogP contribution in [0.5, 0.6) is 0 Å². The van der Waals surface area contributed by atoms with E-state index in [0.29, 0.717) is 18.2 Å². The molecule has 0 bridgehead atoms. The Kier molecular flexibility index (Phi) is 7.21. The van der Waals surface area contributed by atoms with Crippen LogP contribution in [0, 0.1) is 5.92 Å². The molecule has 0 radical (unpaired) electrons. The third-order valence-electron chi connectivity index (χ3n) is 3.14. The molecule has 1 saturated heterocycles. The Morgan fingerprint density at radius 2 is 2.22 bits per heavy atom. The van der Waals surface area contributed by atoms with Gasteiger partial charge in [0.05, 0.1) is 0 Å². The number of nitrogens with zero attached hydrogens (tertiary/aromatic N) is 2. The lowest BCUT2D eigenvalue weighted by Gasteiger charge is -2.20. The fourth-order valence-electron chi connectivity index (χ4n) is 2.23. The van der Waals surface area contributed by atoms with Crippen molar-refractivity contribution in [3.05, 3.63) is 30.1 Å². The maximum Gasteiger partial charge on any atom is 0.272 e. The van der Waals surface area contributed by atoms with E-state index in [1.165, 1.54) is 0 Å². The van der Waals surface area contributed by atoms with E-state index in [1.807, 2.05) is 17.0 Å². The lowest BCUT2D eigenvalue weighted by molar-refractivity contribution is 0.0737. The molecule has 0 spiro atoms. The number of rotatable bonds is 2. The SMILES string of the molecule is CC1CC(CN)CN1C(=O)c1ccccn1.Cl.Cl.